The molecule has 0 bridgehead atoms. The summed E-state index contributed by atoms with van der Waals surface area (Å²) >= 11 is 0. The smallest absolute Gasteiger partial charge is 0.462 e. The summed E-state index contributed by atoms with van der Waals surface area (Å²) in [5, 5.41) is 49.3. The average molecular weight is 699 g/mol. The van der Waals surface area contributed by atoms with Crippen LogP contribution in [0.5, 0.6) is 0 Å². The number of rotatable bonds is 28. The second kappa shape index (κ2) is 25.8. The van der Waals surface area contributed by atoms with E-state index in [2.05, 4.69) is 6.92 Å². The van der Waals surface area contributed by atoms with Crippen LogP contribution in [0, 0.1) is 0 Å². The standard InChI is InChI=1S/C33H63O13P/c1-3-4-5-6-7-8-9-10-11-12-13-14-15-16-17-18-19-20-21-22-27(35)45-26(23-43-25(2)34)24-44-47(41,42)46-33-31(39)29(37)28(36)30(38)32(33)40/h26,28-33,36-40H,3-24H2,1-2H3,(H,41,42). The van der Waals surface area contributed by atoms with Crippen LogP contribution < -0.4 is 0 Å². The number of carbonyl (C=O) groups excluding carboxylic acids is 2. The number of hydrogen-bond donors (Lipinski definition) is 6. The SMILES string of the molecule is CCCCCCCCCCCCCCCCCCCCCC(=O)OC(COC(C)=O)COP(=O)(O)OC1C(O)C(O)C(O)C(O)C1O. The molecule has 278 valence electrons. The molecule has 0 aromatic carbocycles. The molecule has 1 aliphatic carbocycles. The Kier molecular flexibility index (Phi) is 24.1. The van der Waals surface area contributed by atoms with E-state index in [1.54, 1.807) is 0 Å². The third-order valence-electron chi connectivity index (χ3n) is 8.51. The van der Waals surface area contributed by atoms with Crippen LogP contribution in [-0.2, 0) is 32.7 Å². The fraction of sp³-hybridized carbons (Fsp3) is 0.939. The van der Waals surface area contributed by atoms with Crippen LogP contribution in [0.25, 0.3) is 0 Å². The van der Waals surface area contributed by atoms with Crippen molar-refractivity contribution in [1.82, 2.24) is 0 Å². The molecule has 14 heteroatoms. The van der Waals surface area contributed by atoms with Gasteiger partial charge in [0.1, 0.15) is 43.2 Å². The highest BCUT2D eigenvalue weighted by atomic mass is 31.2. The zero-order chi connectivity index (χ0) is 35.1. The van der Waals surface area contributed by atoms with Gasteiger partial charge in [-0.15, -0.1) is 0 Å². The lowest BCUT2D eigenvalue weighted by molar-refractivity contribution is -0.220. The van der Waals surface area contributed by atoms with Crippen molar-refractivity contribution in [3.8, 4) is 0 Å². The molecule has 47 heavy (non-hydrogen) atoms. The fourth-order valence-corrected chi connectivity index (χ4v) is 6.57. The maximum atomic E-state index is 12.5. The Morgan fingerprint density at radius 3 is 1.40 bits per heavy atom. The van der Waals surface area contributed by atoms with Gasteiger partial charge < -0.3 is 39.9 Å². The van der Waals surface area contributed by atoms with Gasteiger partial charge in [0.25, 0.3) is 0 Å². The number of hydrogen-bond acceptors (Lipinski definition) is 12. The first-order valence-corrected chi connectivity index (χ1v) is 19.3. The second-order valence-corrected chi connectivity index (χ2v) is 14.2. The van der Waals surface area contributed by atoms with Gasteiger partial charge >= 0.3 is 19.8 Å². The van der Waals surface area contributed by atoms with Crippen molar-refractivity contribution in [3.05, 3.63) is 0 Å². The highest BCUT2D eigenvalue weighted by molar-refractivity contribution is 7.47. The topological polar surface area (TPSA) is 210 Å². The van der Waals surface area contributed by atoms with Crippen molar-refractivity contribution >= 4 is 19.8 Å². The molecule has 1 saturated carbocycles. The number of aliphatic hydroxyl groups excluding tert-OH is 5. The minimum absolute atomic E-state index is 0.0985. The van der Waals surface area contributed by atoms with Crippen LogP contribution in [0.2, 0.25) is 0 Å². The molecule has 0 aromatic rings. The van der Waals surface area contributed by atoms with Gasteiger partial charge in [0.2, 0.25) is 0 Å². The third kappa shape index (κ3) is 20.2. The molecule has 6 N–H and O–H groups in total. The van der Waals surface area contributed by atoms with Crippen molar-refractivity contribution < 1.29 is 63.1 Å². The Hall–Kier alpha value is -1.15. The van der Waals surface area contributed by atoms with Crippen LogP contribution in [0.15, 0.2) is 0 Å². The van der Waals surface area contributed by atoms with Gasteiger partial charge in [-0.3, -0.25) is 18.6 Å². The van der Waals surface area contributed by atoms with Crippen molar-refractivity contribution in [2.75, 3.05) is 13.2 Å². The minimum atomic E-state index is -5.07. The van der Waals surface area contributed by atoms with Crippen molar-refractivity contribution in [3.63, 3.8) is 0 Å². The fourth-order valence-electron chi connectivity index (χ4n) is 5.60. The molecule has 0 heterocycles. The van der Waals surface area contributed by atoms with E-state index < -0.39 is 75.7 Å². The molecule has 13 nitrogen and oxygen atoms in total. The summed E-state index contributed by atoms with van der Waals surface area (Å²) in [7, 11) is -5.07. The number of unbranched alkanes of at least 4 members (excludes halogenated alkanes) is 18. The first kappa shape index (κ1) is 43.9. The number of esters is 2. The predicted octanol–water partition coefficient (Wildman–Crippen LogP) is 4.60. The van der Waals surface area contributed by atoms with Crippen LogP contribution in [-0.4, -0.2) is 98.3 Å². The number of ether oxygens (including phenoxy) is 2. The molecule has 6 atom stereocenters. The number of phosphoric ester groups is 1. The normalized spacial score (nSPS) is 24.9. The lowest BCUT2D eigenvalue weighted by Gasteiger charge is -2.41. The molecular formula is C33H63O13P. The highest BCUT2D eigenvalue weighted by Gasteiger charge is 2.51. The molecule has 0 amide bonds. The van der Waals surface area contributed by atoms with E-state index in [1.807, 2.05) is 0 Å². The van der Waals surface area contributed by atoms with E-state index in [1.165, 1.54) is 96.3 Å². The molecule has 0 saturated heterocycles. The zero-order valence-corrected chi connectivity index (χ0v) is 29.5. The molecule has 1 rings (SSSR count). The summed E-state index contributed by atoms with van der Waals surface area (Å²) in [4.78, 5) is 33.7. The van der Waals surface area contributed by atoms with Gasteiger partial charge in [0.15, 0.2) is 6.10 Å². The van der Waals surface area contributed by atoms with Crippen LogP contribution in [0.3, 0.4) is 0 Å². The van der Waals surface area contributed by atoms with E-state index in [0.29, 0.717) is 6.42 Å². The van der Waals surface area contributed by atoms with Crippen molar-refractivity contribution in [2.24, 2.45) is 0 Å². The van der Waals surface area contributed by atoms with Crippen molar-refractivity contribution in [2.45, 2.75) is 185 Å². The van der Waals surface area contributed by atoms with Crippen LogP contribution >= 0.6 is 7.82 Å². The second-order valence-electron chi connectivity index (χ2n) is 12.8. The summed E-state index contributed by atoms with van der Waals surface area (Å²) in [6.07, 6.45) is 10.4. The lowest BCUT2D eigenvalue weighted by atomic mass is 9.85. The predicted molar refractivity (Wildman–Crippen MR) is 175 cm³/mol. The van der Waals surface area contributed by atoms with E-state index in [0.717, 1.165) is 26.2 Å². The van der Waals surface area contributed by atoms with Gasteiger partial charge in [0.05, 0.1) is 6.61 Å². The maximum absolute atomic E-state index is 12.5. The first-order valence-electron chi connectivity index (χ1n) is 17.8. The Morgan fingerprint density at radius 1 is 0.617 bits per heavy atom. The quantitative estimate of drug-likeness (QED) is 0.0375. The summed E-state index contributed by atoms with van der Waals surface area (Å²) in [6, 6.07) is 0. The molecule has 0 spiro atoms. The zero-order valence-electron chi connectivity index (χ0n) is 28.6. The lowest BCUT2D eigenvalue weighted by Crippen LogP contribution is -2.64. The number of aliphatic hydroxyl groups is 5. The average Bonchev–Trinajstić information content (AvgIpc) is 3.03. The molecular weight excluding hydrogens is 635 g/mol. The van der Waals surface area contributed by atoms with Crippen molar-refractivity contribution in [1.29, 1.82) is 0 Å². The number of phosphoric acid groups is 1. The Balaban J connectivity index is 2.20. The molecule has 6 unspecified atom stereocenters. The summed E-state index contributed by atoms with van der Waals surface area (Å²) in [5.74, 6) is -1.28. The number of carbonyl (C=O) groups is 2. The molecule has 0 aliphatic heterocycles. The van der Waals surface area contributed by atoms with E-state index in [9.17, 15) is 44.6 Å². The summed E-state index contributed by atoms with van der Waals surface area (Å²) in [6.45, 7) is 2.19. The van der Waals surface area contributed by atoms with Gasteiger partial charge in [-0.05, 0) is 6.42 Å². The maximum Gasteiger partial charge on any atom is 0.472 e. The monoisotopic (exact) mass is 698 g/mol. The third-order valence-corrected chi connectivity index (χ3v) is 9.49. The Bertz CT molecular complexity index is 859. The van der Waals surface area contributed by atoms with E-state index in [4.69, 9.17) is 18.5 Å². The largest absolute Gasteiger partial charge is 0.472 e. The molecule has 0 radical (unpaired) electrons. The molecule has 0 aromatic heterocycles. The Morgan fingerprint density at radius 2 is 1.00 bits per heavy atom. The summed E-state index contributed by atoms with van der Waals surface area (Å²) in [5.41, 5.74) is 0. The highest BCUT2D eigenvalue weighted by Crippen LogP contribution is 2.47. The van der Waals surface area contributed by atoms with E-state index in [-0.39, 0.29) is 6.42 Å². The summed E-state index contributed by atoms with van der Waals surface area (Å²) < 4.78 is 32.2. The van der Waals surface area contributed by atoms with Gasteiger partial charge in [-0.25, -0.2) is 4.57 Å². The molecule has 1 aliphatic rings. The van der Waals surface area contributed by atoms with Crippen LogP contribution in [0.1, 0.15) is 142 Å². The van der Waals surface area contributed by atoms with Gasteiger partial charge in [0, 0.05) is 13.3 Å². The van der Waals surface area contributed by atoms with Crippen LogP contribution in [0.4, 0.5) is 0 Å². The minimum Gasteiger partial charge on any atom is -0.462 e. The first-order chi connectivity index (χ1) is 22.4. The molecule has 1 fully saturated rings. The Labute approximate surface area is 281 Å². The van der Waals surface area contributed by atoms with E-state index >= 15 is 0 Å². The van der Waals surface area contributed by atoms with Gasteiger partial charge in [-0.1, -0.05) is 122 Å². The van der Waals surface area contributed by atoms with Gasteiger partial charge in [-0.2, -0.15) is 0 Å².